The minimum atomic E-state index is -0.346. The van der Waals surface area contributed by atoms with Gasteiger partial charge in [-0.05, 0) is 48.2 Å². The molecule has 0 bridgehead atoms. The van der Waals surface area contributed by atoms with Gasteiger partial charge in [0.15, 0.2) is 11.8 Å². The number of nitrogens with zero attached hydrogens (tertiary/aromatic N) is 2. The second-order valence-corrected chi connectivity index (χ2v) is 5.97. The molecule has 0 spiro atoms. The highest BCUT2D eigenvalue weighted by atomic mass is 32.2. The Labute approximate surface area is 147 Å². The molecule has 124 valence electrons. The van der Waals surface area contributed by atoms with Crippen molar-refractivity contribution >= 4 is 34.6 Å². The van der Waals surface area contributed by atoms with Crippen LogP contribution in [0.5, 0.6) is 5.75 Å². The first kappa shape index (κ1) is 16.7. The van der Waals surface area contributed by atoms with Crippen LogP contribution in [-0.2, 0) is 4.79 Å². The molecule has 0 unspecified atom stereocenters. The van der Waals surface area contributed by atoms with E-state index in [1.807, 2.05) is 12.1 Å². The van der Waals surface area contributed by atoms with Crippen molar-refractivity contribution in [3.63, 3.8) is 0 Å². The maximum absolute atomic E-state index is 12.9. The van der Waals surface area contributed by atoms with E-state index >= 15 is 0 Å². The van der Waals surface area contributed by atoms with Gasteiger partial charge in [-0.15, -0.1) is 0 Å². The van der Waals surface area contributed by atoms with Gasteiger partial charge in [-0.2, -0.15) is 5.26 Å². The fourth-order valence-corrected chi connectivity index (χ4v) is 2.93. The zero-order chi connectivity index (χ0) is 17.6. The van der Waals surface area contributed by atoms with Crippen molar-refractivity contribution in [2.24, 2.45) is 4.99 Å². The number of carbonyl (C=O) groups is 1. The van der Waals surface area contributed by atoms with Gasteiger partial charge in [0.25, 0.3) is 5.91 Å². The van der Waals surface area contributed by atoms with Crippen LogP contribution in [0.3, 0.4) is 0 Å². The molecule has 1 aliphatic rings. The summed E-state index contributed by atoms with van der Waals surface area (Å²) >= 11 is 1.18. The molecule has 1 aliphatic heterocycles. The molecule has 3 rings (SSSR count). The van der Waals surface area contributed by atoms with Crippen molar-refractivity contribution in [1.82, 2.24) is 5.32 Å². The van der Waals surface area contributed by atoms with Crippen LogP contribution >= 0.6 is 11.8 Å². The van der Waals surface area contributed by atoms with E-state index in [-0.39, 0.29) is 18.3 Å². The maximum atomic E-state index is 12.9. The van der Waals surface area contributed by atoms with E-state index in [1.54, 1.807) is 24.3 Å². The fourth-order valence-electron chi connectivity index (χ4n) is 2.10. The molecule has 5 nitrogen and oxygen atoms in total. The smallest absolute Gasteiger partial charge is 0.264 e. The summed E-state index contributed by atoms with van der Waals surface area (Å²) in [5, 5.41) is 11.7. The monoisotopic (exact) mass is 353 g/mol. The number of halogens is 1. The van der Waals surface area contributed by atoms with Gasteiger partial charge in [0.2, 0.25) is 0 Å². The zero-order valence-corrected chi connectivity index (χ0v) is 13.7. The molecule has 1 saturated heterocycles. The van der Waals surface area contributed by atoms with Crippen LogP contribution in [0.4, 0.5) is 10.1 Å². The van der Waals surface area contributed by atoms with Gasteiger partial charge in [-0.3, -0.25) is 4.79 Å². The van der Waals surface area contributed by atoms with Crippen LogP contribution in [0.2, 0.25) is 0 Å². The first-order chi connectivity index (χ1) is 12.2. The highest BCUT2D eigenvalue weighted by molar-refractivity contribution is 8.18. The third kappa shape index (κ3) is 4.25. The predicted molar refractivity (Wildman–Crippen MR) is 94.8 cm³/mol. The number of amides is 1. The first-order valence-corrected chi connectivity index (χ1v) is 8.11. The van der Waals surface area contributed by atoms with Crippen LogP contribution in [0, 0.1) is 17.1 Å². The highest BCUT2D eigenvalue weighted by Gasteiger charge is 2.24. The molecule has 25 heavy (non-hydrogen) atoms. The normalized spacial score (nSPS) is 16.7. The lowest BCUT2D eigenvalue weighted by molar-refractivity contribution is -0.115. The molecule has 1 N–H and O–H groups in total. The summed E-state index contributed by atoms with van der Waals surface area (Å²) < 4.78 is 18.3. The van der Waals surface area contributed by atoms with E-state index in [0.29, 0.717) is 27.1 Å². The zero-order valence-electron chi connectivity index (χ0n) is 12.9. The second kappa shape index (κ2) is 7.64. The number of rotatable bonds is 4. The van der Waals surface area contributed by atoms with Crippen LogP contribution in [0.15, 0.2) is 58.4 Å². The number of hydrogen-bond acceptors (Lipinski definition) is 5. The molecular formula is C18H12FN3O2S. The standard InChI is InChI=1S/C18H12FN3O2S/c19-13-5-7-14(8-6-13)21-18-22-17(23)16(25-18)11-12-3-1-2-4-15(12)24-10-9-20/h1-8,11H,10H2,(H,21,22,23). The van der Waals surface area contributed by atoms with Crippen molar-refractivity contribution < 1.29 is 13.9 Å². The van der Waals surface area contributed by atoms with Crippen molar-refractivity contribution in [3.05, 3.63) is 64.8 Å². The van der Waals surface area contributed by atoms with Crippen molar-refractivity contribution in [2.75, 3.05) is 6.61 Å². The van der Waals surface area contributed by atoms with E-state index < -0.39 is 0 Å². The summed E-state index contributed by atoms with van der Waals surface area (Å²) in [6.45, 7) is -0.0726. The number of aliphatic imine (C=N–C) groups is 1. The topological polar surface area (TPSA) is 74.5 Å². The summed E-state index contributed by atoms with van der Waals surface area (Å²) in [7, 11) is 0. The maximum Gasteiger partial charge on any atom is 0.264 e. The largest absolute Gasteiger partial charge is 0.478 e. The average molecular weight is 353 g/mol. The van der Waals surface area contributed by atoms with Crippen molar-refractivity contribution in [1.29, 1.82) is 5.26 Å². The molecule has 1 amide bonds. The number of carbonyl (C=O) groups excluding carboxylic acids is 1. The fraction of sp³-hybridized carbons (Fsp3) is 0.0556. The quantitative estimate of drug-likeness (QED) is 0.852. The van der Waals surface area contributed by atoms with E-state index in [1.165, 1.54) is 36.0 Å². The number of benzene rings is 2. The number of amidine groups is 1. The third-order valence-corrected chi connectivity index (χ3v) is 4.12. The minimum Gasteiger partial charge on any atom is -0.478 e. The van der Waals surface area contributed by atoms with Gasteiger partial charge in [0.1, 0.15) is 17.6 Å². The summed E-state index contributed by atoms with van der Waals surface area (Å²) in [5.74, 6) is -0.101. The summed E-state index contributed by atoms with van der Waals surface area (Å²) in [6, 6.07) is 14.7. The number of thioether (sulfide) groups is 1. The second-order valence-electron chi connectivity index (χ2n) is 4.94. The Kier molecular flexibility index (Phi) is 5.11. The molecule has 0 aromatic heterocycles. The van der Waals surface area contributed by atoms with Crippen molar-refractivity contribution in [2.45, 2.75) is 0 Å². The first-order valence-electron chi connectivity index (χ1n) is 7.29. The van der Waals surface area contributed by atoms with Gasteiger partial charge >= 0.3 is 0 Å². The number of hydrogen-bond donors (Lipinski definition) is 1. The molecule has 2 aromatic carbocycles. The van der Waals surface area contributed by atoms with Crippen LogP contribution < -0.4 is 10.1 Å². The molecule has 0 aliphatic carbocycles. The van der Waals surface area contributed by atoms with Crippen LogP contribution in [-0.4, -0.2) is 17.7 Å². The lowest BCUT2D eigenvalue weighted by atomic mass is 10.2. The Morgan fingerprint density at radius 2 is 2.00 bits per heavy atom. The molecular weight excluding hydrogens is 341 g/mol. The van der Waals surface area contributed by atoms with Gasteiger partial charge in [0.05, 0.1) is 10.6 Å². The number of para-hydroxylation sites is 1. The molecule has 1 heterocycles. The van der Waals surface area contributed by atoms with Gasteiger partial charge in [-0.1, -0.05) is 18.2 Å². The lowest BCUT2D eigenvalue weighted by Gasteiger charge is -2.05. The summed E-state index contributed by atoms with van der Waals surface area (Å²) in [4.78, 5) is 16.9. The average Bonchev–Trinajstić information content (AvgIpc) is 2.95. The Hall–Kier alpha value is -3.11. The van der Waals surface area contributed by atoms with E-state index in [4.69, 9.17) is 10.00 Å². The predicted octanol–water partition coefficient (Wildman–Crippen LogP) is 3.62. The Morgan fingerprint density at radius 3 is 2.76 bits per heavy atom. The van der Waals surface area contributed by atoms with E-state index in [9.17, 15) is 9.18 Å². The number of nitrogens with one attached hydrogen (secondary N) is 1. The van der Waals surface area contributed by atoms with Crippen LogP contribution in [0.1, 0.15) is 5.56 Å². The molecule has 0 atom stereocenters. The summed E-state index contributed by atoms with van der Waals surface area (Å²) in [6.07, 6.45) is 1.68. The Balaban J connectivity index is 1.82. The van der Waals surface area contributed by atoms with E-state index in [2.05, 4.69) is 10.3 Å². The highest BCUT2D eigenvalue weighted by Crippen LogP contribution is 2.30. The van der Waals surface area contributed by atoms with E-state index in [0.717, 1.165) is 0 Å². The molecule has 0 saturated carbocycles. The molecule has 1 fully saturated rings. The van der Waals surface area contributed by atoms with Crippen LogP contribution in [0.25, 0.3) is 6.08 Å². The molecule has 0 radical (unpaired) electrons. The lowest BCUT2D eigenvalue weighted by Crippen LogP contribution is -2.19. The third-order valence-electron chi connectivity index (χ3n) is 3.21. The Morgan fingerprint density at radius 1 is 1.24 bits per heavy atom. The number of nitriles is 1. The van der Waals surface area contributed by atoms with Gasteiger partial charge < -0.3 is 10.1 Å². The van der Waals surface area contributed by atoms with Gasteiger partial charge in [0, 0.05) is 5.56 Å². The Bertz CT molecular complexity index is 901. The minimum absolute atomic E-state index is 0.0726. The SMILES string of the molecule is N#CCOc1ccccc1C=C1SC(=Nc2ccc(F)cc2)NC1=O. The molecule has 2 aromatic rings. The van der Waals surface area contributed by atoms with Crippen molar-refractivity contribution in [3.8, 4) is 11.8 Å². The summed E-state index contributed by atoms with van der Waals surface area (Å²) in [5.41, 5.74) is 1.24. The number of ether oxygens (including phenoxy) is 1. The molecule has 7 heteroatoms. The van der Waals surface area contributed by atoms with Gasteiger partial charge in [-0.25, -0.2) is 9.38 Å².